The summed E-state index contributed by atoms with van der Waals surface area (Å²) in [5, 5.41) is 10.3. The van der Waals surface area contributed by atoms with Gasteiger partial charge in [-0.05, 0) is 49.3 Å². The lowest BCUT2D eigenvalue weighted by Crippen LogP contribution is -2.32. The second-order valence-corrected chi connectivity index (χ2v) is 6.47. The average molecular weight is 292 g/mol. The number of amides is 2. The summed E-state index contributed by atoms with van der Waals surface area (Å²) in [4.78, 5) is 26.4. The Labute approximate surface area is 121 Å². The lowest BCUT2D eigenvalue weighted by molar-refractivity contribution is -0.123. The van der Waals surface area contributed by atoms with E-state index in [2.05, 4.69) is 0 Å². The summed E-state index contributed by atoms with van der Waals surface area (Å²) < 4.78 is 0. The van der Waals surface area contributed by atoms with Crippen LogP contribution in [0.25, 0.3) is 0 Å². The van der Waals surface area contributed by atoms with E-state index >= 15 is 0 Å². The molecule has 1 aromatic rings. The minimum atomic E-state index is -0.181. The molecule has 2 amide bonds. The fraction of sp³-hybridized carbons (Fsp3) is 0.467. The molecule has 1 aromatic carbocycles. The Morgan fingerprint density at radius 2 is 1.70 bits per heavy atom. The van der Waals surface area contributed by atoms with Gasteiger partial charge in [-0.3, -0.25) is 9.59 Å². The van der Waals surface area contributed by atoms with Crippen molar-refractivity contribution in [3.05, 3.63) is 23.2 Å². The van der Waals surface area contributed by atoms with Gasteiger partial charge in [-0.1, -0.05) is 11.6 Å². The van der Waals surface area contributed by atoms with Gasteiger partial charge in [0.25, 0.3) is 0 Å². The zero-order valence-corrected chi connectivity index (χ0v) is 11.5. The van der Waals surface area contributed by atoms with Crippen LogP contribution in [-0.2, 0) is 9.59 Å². The molecule has 2 aliphatic carbocycles. The molecule has 1 heterocycles. The minimum absolute atomic E-state index is 0.0802. The smallest absolute Gasteiger partial charge is 0.238 e. The van der Waals surface area contributed by atoms with Crippen molar-refractivity contribution in [2.45, 2.75) is 19.3 Å². The van der Waals surface area contributed by atoms with Crippen LogP contribution in [0.5, 0.6) is 5.75 Å². The van der Waals surface area contributed by atoms with Crippen molar-refractivity contribution in [1.82, 2.24) is 0 Å². The molecule has 3 fully saturated rings. The number of anilines is 1. The highest BCUT2D eigenvalue weighted by atomic mass is 35.5. The minimum Gasteiger partial charge on any atom is -0.506 e. The topological polar surface area (TPSA) is 57.6 Å². The van der Waals surface area contributed by atoms with Crippen molar-refractivity contribution in [2.24, 2.45) is 23.7 Å². The molecule has 4 atom stereocenters. The molecule has 4 rings (SSSR count). The van der Waals surface area contributed by atoms with Crippen LogP contribution in [0.3, 0.4) is 0 Å². The van der Waals surface area contributed by atoms with Crippen molar-refractivity contribution in [3.63, 3.8) is 0 Å². The van der Waals surface area contributed by atoms with Crippen LogP contribution in [0.2, 0.25) is 5.02 Å². The van der Waals surface area contributed by atoms with Gasteiger partial charge in [-0.15, -0.1) is 0 Å². The molecule has 0 spiro atoms. The number of carbonyl (C=O) groups excluding carboxylic acids is 2. The van der Waals surface area contributed by atoms with E-state index in [-0.39, 0.29) is 35.1 Å². The molecule has 20 heavy (non-hydrogen) atoms. The van der Waals surface area contributed by atoms with Gasteiger partial charge in [0.1, 0.15) is 5.75 Å². The number of rotatable bonds is 1. The first kappa shape index (κ1) is 12.2. The number of halogens is 1. The molecule has 0 aromatic heterocycles. The first-order valence-corrected chi connectivity index (χ1v) is 7.32. The van der Waals surface area contributed by atoms with Gasteiger partial charge in [-0.25, -0.2) is 4.90 Å². The quantitative estimate of drug-likeness (QED) is 0.809. The van der Waals surface area contributed by atoms with Crippen LogP contribution in [0.1, 0.15) is 19.3 Å². The van der Waals surface area contributed by atoms with Crippen molar-refractivity contribution < 1.29 is 14.7 Å². The Hall–Kier alpha value is -1.55. The molecule has 5 heteroatoms. The molecular formula is C15H14ClNO3. The van der Waals surface area contributed by atoms with Gasteiger partial charge >= 0.3 is 0 Å². The number of benzene rings is 1. The lowest BCUT2D eigenvalue weighted by atomic mass is 9.81. The Bertz CT molecular complexity index is 602. The SMILES string of the molecule is O=C1[C@@H]2[C@H]3CC[C@@H](C3)[C@H]2C(=O)N1c1cc(Cl)ccc1O. The van der Waals surface area contributed by atoms with Crippen molar-refractivity contribution in [1.29, 1.82) is 0 Å². The molecule has 1 saturated heterocycles. The maximum absolute atomic E-state index is 12.6. The highest BCUT2D eigenvalue weighted by molar-refractivity contribution is 6.31. The number of fused-ring (bicyclic) bond motifs is 5. The highest BCUT2D eigenvalue weighted by Crippen LogP contribution is 2.57. The van der Waals surface area contributed by atoms with Gasteiger partial charge < -0.3 is 5.11 Å². The largest absolute Gasteiger partial charge is 0.506 e. The summed E-state index contributed by atoms with van der Waals surface area (Å²) in [5.74, 6) is -0.0854. The van der Waals surface area contributed by atoms with Crippen LogP contribution >= 0.6 is 11.6 Å². The third-order valence-corrected chi connectivity index (χ3v) is 5.34. The average Bonchev–Trinajstić information content (AvgIpc) is 3.08. The Balaban J connectivity index is 1.79. The van der Waals surface area contributed by atoms with Crippen LogP contribution in [-0.4, -0.2) is 16.9 Å². The summed E-state index contributed by atoms with van der Waals surface area (Å²) >= 11 is 5.92. The molecule has 4 nitrogen and oxygen atoms in total. The number of imide groups is 1. The maximum atomic E-state index is 12.6. The molecule has 2 bridgehead atoms. The predicted octanol–water partition coefficient (Wildman–Crippen LogP) is 2.58. The third kappa shape index (κ3) is 1.43. The molecule has 0 radical (unpaired) electrons. The Kier molecular flexibility index (Phi) is 2.43. The molecule has 2 saturated carbocycles. The zero-order chi connectivity index (χ0) is 14.0. The highest BCUT2D eigenvalue weighted by Gasteiger charge is 2.61. The number of nitrogens with zero attached hydrogens (tertiary/aromatic N) is 1. The molecular weight excluding hydrogens is 278 g/mol. The monoisotopic (exact) mass is 291 g/mol. The number of hydrogen-bond donors (Lipinski definition) is 1. The van der Waals surface area contributed by atoms with Crippen LogP contribution in [0.4, 0.5) is 5.69 Å². The first-order valence-electron chi connectivity index (χ1n) is 6.94. The van der Waals surface area contributed by atoms with E-state index in [9.17, 15) is 14.7 Å². The summed E-state index contributed by atoms with van der Waals surface area (Å²) in [6.07, 6.45) is 3.09. The van der Waals surface area contributed by atoms with Gasteiger partial charge in [0.15, 0.2) is 0 Å². The van der Waals surface area contributed by atoms with E-state index in [4.69, 9.17) is 11.6 Å². The molecule has 1 N–H and O–H groups in total. The first-order chi connectivity index (χ1) is 9.58. The predicted molar refractivity (Wildman–Crippen MR) is 73.4 cm³/mol. The fourth-order valence-electron chi connectivity index (χ4n) is 4.32. The van der Waals surface area contributed by atoms with Crippen molar-refractivity contribution in [2.75, 3.05) is 4.90 Å². The third-order valence-electron chi connectivity index (χ3n) is 5.11. The number of phenolic OH excluding ortho intramolecular Hbond substituents is 1. The molecule has 1 aliphatic heterocycles. The number of phenols is 1. The fourth-order valence-corrected chi connectivity index (χ4v) is 4.49. The van der Waals surface area contributed by atoms with E-state index < -0.39 is 0 Å². The van der Waals surface area contributed by atoms with Crippen molar-refractivity contribution in [3.8, 4) is 5.75 Å². The lowest BCUT2D eigenvalue weighted by Gasteiger charge is -2.19. The van der Waals surface area contributed by atoms with Crippen LogP contribution in [0, 0.1) is 23.7 Å². The Morgan fingerprint density at radius 3 is 2.30 bits per heavy atom. The van der Waals surface area contributed by atoms with Gasteiger partial charge in [-0.2, -0.15) is 0 Å². The summed E-state index contributed by atoms with van der Waals surface area (Å²) in [5.41, 5.74) is 0.223. The van der Waals surface area contributed by atoms with Crippen molar-refractivity contribution >= 4 is 29.1 Å². The molecule has 104 valence electrons. The number of carbonyl (C=O) groups is 2. The Morgan fingerprint density at radius 1 is 1.10 bits per heavy atom. The van der Waals surface area contributed by atoms with Crippen LogP contribution in [0.15, 0.2) is 18.2 Å². The van der Waals surface area contributed by atoms with Gasteiger partial charge in [0, 0.05) is 5.02 Å². The van der Waals surface area contributed by atoms with Gasteiger partial charge in [0.2, 0.25) is 11.8 Å². The van der Waals surface area contributed by atoms with E-state index in [0.717, 1.165) is 24.2 Å². The van der Waals surface area contributed by atoms with E-state index in [0.29, 0.717) is 16.9 Å². The standard InChI is InChI=1S/C15H14ClNO3/c16-9-3-4-11(18)10(6-9)17-14(19)12-7-1-2-8(5-7)13(12)15(17)20/h3-4,6-8,12-13,18H,1-2,5H2/t7-,8-,12+,13+/m0/s1. The summed E-state index contributed by atoms with van der Waals surface area (Å²) in [6, 6.07) is 4.44. The molecule has 0 unspecified atom stereocenters. The zero-order valence-electron chi connectivity index (χ0n) is 10.8. The van der Waals surface area contributed by atoms with Crippen LogP contribution < -0.4 is 4.90 Å². The normalized spacial score (nSPS) is 35.0. The number of aromatic hydroxyl groups is 1. The second kappa shape index (κ2) is 3.98. The molecule has 3 aliphatic rings. The van der Waals surface area contributed by atoms with E-state index in [1.807, 2.05) is 0 Å². The maximum Gasteiger partial charge on any atom is 0.238 e. The second-order valence-electron chi connectivity index (χ2n) is 6.03. The number of hydrogen-bond acceptors (Lipinski definition) is 3. The summed E-state index contributed by atoms with van der Waals surface area (Å²) in [6.45, 7) is 0. The van der Waals surface area contributed by atoms with E-state index in [1.54, 1.807) is 0 Å². The summed E-state index contributed by atoms with van der Waals surface area (Å²) in [7, 11) is 0. The van der Waals surface area contributed by atoms with Gasteiger partial charge in [0.05, 0.1) is 17.5 Å². The van der Waals surface area contributed by atoms with E-state index in [1.165, 1.54) is 18.2 Å².